The van der Waals surface area contributed by atoms with E-state index in [1.165, 1.54) is 15.6 Å². The summed E-state index contributed by atoms with van der Waals surface area (Å²) in [5, 5.41) is 1.27. The van der Waals surface area contributed by atoms with Crippen molar-refractivity contribution in [3.8, 4) is 0 Å². The summed E-state index contributed by atoms with van der Waals surface area (Å²) >= 11 is 1.56. The number of fused-ring (bicyclic) bond motifs is 1. The molecule has 0 aliphatic rings. The molecule has 2 aromatic rings. The van der Waals surface area contributed by atoms with Crippen molar-refractivity contribution in [1.82, 2.24) is 4.37 Å². The van der Waals surface area contributed by atoms with Crippen LogP contribution in [-0.2, 0) is 6.42 Å². The Bertz CT molecular complexity index is 437. The normalized spacial score (nSPS) is 12.2. The third-order valence-electron chi connectivity index (χ3n) is 2.15. The van der Waals surface area contributed by atoms with E-state index in [1.807, 2.05) is 6.20 Å². The lowest BCUT2D eigenvalue weighted by molar-refractivity contribution is 0.411. The lowest BCUT2D eigenvalue weighted by Gasteiger charge is -2.17. The zero-order chi connectivity index (χ0) is 10.2. The highest BCUT2D eigenvalue weighted by atomic mass is 32.1. The molecule has 1 aromatic carbocycles. The summed E-state index contributed by atoms with van der Waals surface area (Å²) in [5.74, 6) is 0. The second kappa shape index (κ2) is 3.35. The molecule has 0 bridgehead atoms. The Morgan fingerprint density at radius 2 is 2.07 bits per heavy atom. The minimum absolute atomic E-state index is 0.358. The predicted octanol–water partition coefficient (Wildman–Crippen LogP) is 3.88. The summed E-state index contributed by atoms with van der Waals surface area (Å²) in [6.45, 7) is 6.80. The van der Waals surface area contributed by atoms with E-state index in [-0.39, 0.29) is 0 Å². The molecule has 0 aliphatic carbocycles. The van der Waals surface area contributed by atoms with Crippen LogP contribution < -0.4 is 0 Å². The minimum Gasteiger partial charge on any atom is -0.200 e. The third kappa shape index (κ3) is 2.13. The van der Waals surface area contributed by atoms with E-state index in [0.29, 0.717) is 5.41 Å². The number of benzene rings is 1. The van der Waals surface area contributed by atoms with Gasteiger partial charge in [-0.1, -0.05) is 26.8 Å². The van der Waals surface area contributed by atoms with Crippen LogP contribution in [0.15, 0.2) is 24.4 Å². The quantitative estimate of drug-likeness (QED) is 0.688. The van der Waals surface area contributed by atoms with Crippen molar-refractivity contribution in [1.29, 1.82) is 0 Å². The maximum atomic E-state index is 4.18. The van der Waals surface area contributed by atoms with E-state index >= 15 is 0 Å². The summed E-state index contributed by atoms with van der Waals surface area (Å²) in [5.41, 5.74) is 1.77. The molecule has 0 radical (unpaired) electrons. The lowest BCUT2D eigenvalue weighted by atomic mass is 9.88. The Hall–Kier alpha value is -0.890. The summed E-state index contributed by atoms with van der Waals surface area (Å²) in [7, 11) is 0. The number of hydrogen-bond donors (Lipinski definition) is 0. The minimum atomic E-state index is 0.358. The van der Waals surface area contributed by atoms with Crippen LogP contribution in [0, 0.1) is 5.41 Å². The fourth-order valence-corrected chi connectivity index (χ4v) is 2.27. The Morgan fingerprint density at radius 3 is 2.79 bits per heavy atom. The van der Waals surface area contributed by atoms with Crippen LogP contribution in [0.2, 0.25) is 0 Å². The fraction of sp³-hybridized carbons (Fsp3) is 0.417. The maximum Gasteiger partial charge on any atom is 0.0550 e. The molecule has 0 fully saturated rings. The highest BCUT2D eigenvalue weighted by molar-refractivity contribution is 7.13. The highest BCUT2D eigenvalue weighted by Gasteiger charge is 2.11. The SMILES string of the molecule is CC(C)(C)Cc1ccc2sncc2c1. The smallest absolute Gasteiger partial charge is 0.0550 e. The van der Waals surface area contributed by atoms with Gasteiger partial charge in [-0.15, -0.1) is 0 Å². The van der Waals surface area contributed by atoms with E-state index in [1.54, 1.807) is 11.5 Å². The van der Waals surface area contributed by atoms with E-state index in [4.69, 9.17) is 0 Å². The van der Waals surface area contributed by atoms with Gasteiger partial charge in [-0.25, -0.2) is 0 Å². The fourth-order valence-electron chi connectivity index (χ4n) is 1.64. The molecule has 1 nitrogen and oxygen atoms in total. The predicted molar refractivity (Wildman–Crippen MR) is 62.8 cm³/mol. The molecular formula is C12H15NS. The Balaban J connectivity index is 2.35. The van der Waals surface area contributed by atoms with Gasteiger partial charge < -0.3 is 0 Å². The molecule has 0 amide bonds. The first-order chi connectivity index (χ1) is 6.54. The van der Waals surface area contributed by atoms with Crippen LogP contribution in [0.25, 0.3) is 10.1 Å². The first-order valence-corrected chi connectivity index (χ1v) is 5.65. The van der Waals surface area contributed by atoms with Crippen molar-refractivity contribution in [2.24, 2.45) is 5.41 Å². The number of aromatic nitrogens is 1. The summed E-state index contributed by atoms with van der Waals surface area (Å²) in [6.07, 6.45) is 3.07. The van der Waals surface area contributed by atoms with Gasteiger partial charge in [-0.2, -0.15) is 4.37 Å². The summed E-state index contributed by atoms with van der Waals surface area (Å²) in [4.78, 5) is 0. The number of hydrogen-bond acceptors (Lipinski definition) is 2. The van der Waals surface area contributed by atoms with Gasteiger partial charge in [-0.3, -0.25) is 0 Å². The van der Waals surface area contributed by atoms with Gasteiger partial charge in [0.25, 0.3) is 0 Å². The van der Waals surface area contributed by atoms with Crippen LogP contribution >= 0.6 is 11.5 Å². The standard InChI is InChI=1S/C12H15NS/c1-12(2,3)7-9-4-5-11-10(6-9)8-13-14-11/h4-6,8H,7H2,1-3H3. The summed E-state index contributed by atoms with van der Waals surface area (Å²) < 4.78 is 5.46. The second-order valence-corrected chi connectivity index (χ2v) is 5.77. The second-order valence-electron chi connectivity index (χ2n) is 4.94. The van der Waals surface area contributed by atoms with Crippen LogP contribution in [0.4, 0.5) is 0 Å². The van der Waals surface area contributed by atoms with E-state index in [2.05, 4.69) is 43.3 Å². The van der Waals surface area contributed by atoms with Gasteiger partial charge >= 0.3 is 0 Å². The first-order valence-electron chi connectivity index (χ1n) is 4.88. The zero-order valence-corrected chi connectivity index (χ0v) is 9.69. The van der Waals surface area contributed by atoms with Crippen LogP contribution in [0.3, 0.4) is 0 Å². The molecule has 0 aliphatic heterocycles. The number of nitrogens with zero attached hydrogens (tertiary/aromatic N) is 1. The lowest BCUT2D eigenvalue weighted by Crippen LogP contribution is -2.08. The Kier molecular flexibility index (Phi) is 2.31. The number of rotatable bonds is 1. The summed E-state index contributed by atoms with van der Waals surface area (Å²) in [6, 6.07) is 6.64. The zero-order valence-electron chi connectivity index (χ0n) is 8.87. The molecule has 14 heavy (non-hydrogen) atoms. The van der Waals surface area contributed by atoms with Gasteiger partial charge in [0.1, 0.15) is 0 Å². The van der Waals surface area contributed by atoms with Gasteiger partial charge in [0.05, 0.1) is 4.70 Å². The topological polar surface area (TPSA) is 12.9 Å². The van der Waals surface area contributed by atoms with Crippen molar-refractivity contribution in [3.63, 3.8) is 0 Å². The van der Waals surface area contributed by atoms with Crippen LogP contribution in [0.1, 0.15) is 26.3 Å². The van der Waals surface area contributed by atoms with Crippen LogP contribution in [0.5, 0.6) is 0 Å². The molecule has 1 heterocycles. The van der Waals surface area contributed by atoms with Crippen molar-refractivity contribution in [2.45, 2.75) is 27.2 Å². The van der Waals surface area contributed by atoms with Crippen molar-refractivity contribution >= 4 is 21.6 Å². The average molecular weight is 205 g/mol. The van der Waals surface area contributed by atoms with Gasteiger partial charge in [0.2, 0.25) is 0 Å². The van der Waals surface area contributed by atoms with Gasteiger partial charge in [0, 0.05) is 11.6 Å². The average Bonchev–Trinajstić information content (AvgIpc) is 2.47. The molecule has 0 spiro atoms. The van der Waals surface area contributed by atoms with Gasteiger partial charge in [0.15, 0.2) is 0 Å². The molecular weight excluding hydrogens is 190 g/mol. The Morgan fingerprint density at radius 1 is 1.29 bits per heavy atom. The Labute approximate surface area is 88.9 Å². The van der Waals surface area contributed by atoms with Crippen molar-refractivity contribution in [2.75, 3.05) is 0 Å². The molecule has 0 saturated heterocycles. The monoisotopic (exact) mass is 205 g/mol. The van der Waals surface area contributed by atoms with Gasteiger partial charge in [-0.05, 0) is 41.1 Å². The molecule has 0 atom stereocenters. The molecule has 0 N–H and O–H groups in total. The molecule has 2 rings (SSSR count). The van der Waals surface area contributed by atoms with Crippen molar-refractivity contribution in [3.05, 3.63) is 30.0 Å². The van der Waals surface area contributed by atoms with Crippen LogP contribution in [-0.4, -0.2) is 4.37 Å². The molecule has 0 unspecified atom stereocenters. The van der Waals surface area contributed by atoms with Crippen molar-refractivity contribution < 1.29 is 0 Å². The van der Waals surface area contributed by atoms with E-state index in [9.17, 15) is 0 Å². The highest BCUT2D eigenvalue weighted by Crippen LogP contribution is 2.24. The third-order valence-corrected chi connectivity index (χ3v) is 2.93. The van der Waals surface area contributed by atoms with E-state index in [0.717, 1.165) is 6.42 Å². The maximum absolute atomic E-state index is 4.18. The van der Waals surface area contributed by atoms with E-state index < -0.39 is 0 Å². The molecule has 0 saturated carbocycles. The largest absolute Gasteiger partial charge is 0.200 e. The molecule has 2 heteroatoms. The molecule has 1 aromatic heterocycles. The molecule has 74 valence electrons. The first kappa shape index (κ1) is 9.66.